The van der Waals surface area contributed by atoms with Crippen molar-refractivity contribution in [3.8, 4) is 22.5 Å². The summed E-state index contributed by atoms with van der Waals surface area (Å²) in [5.74, 6) is 0.857. The standard InChI is InChI=1S/C23H18Cl3N5/c24-23(25,26)21-29-20(19-8-6-18(7-9-19)17-4-2-1-3-5-17)30-22(31-21)28-15-12-16-10-13-27-14-11-16/h1-11,13-14H,12,15H2,(H,28,29,30,31). The van der Waals surface area contributed by atoms with Crippen LogP contribution in [0.4, 0.5) is 5.95 Å². The first kappa shape index (κ1) is 21.5. The molecule has 0 fully saturated rings. The summed E-state index contributed by atoms with van der Waals surface area (Å²) in [6.45, 7) is 0.611. The van der Waals surface area contributed by atoms with Gasteiger partial charge >= 0.3 is 0 Å². The first-order chi connectivity index (χ1) is 15.0. The Morgan fingerprint density at radius 1 is 0.710 bits per heavy atom. The van der Waals surface area contributed by atoms with Gasteiger partial charge in [-0.2, -0.15) is 9.97 Å². The predicted octanol–water partition coefficient (Wildman–Crippen LogP) is 6.08. The van der Waals surface area contributed by atoms with Gasteiger partial charge in [0, 0.05) is 24.5 Å². The fourth-order valence-electron chi connectivity index (χ4n) is 3.02. The monoisotopic (exact) mass is 469 g/mol. The number of alkyl halides is 3. The van der Waals surface area contributed by atoms with Crippen LogP contribution < -0.4 is 5.32 Å². The molecule has 0 amide bonds. The second-order valence-corrected chi connectivity index (χ2v) is 9.06. The molecule has 2 aromatic carbocycles. The summed E-state index contributed by atoms with van der Waals surface area (Å²) in [5, 5.41) is 3.19. The van der Waals surface area contributed by atoms with E-state index in [0.29, 0.717) is 18.3 Å². The molecule has 0 aliphatic carbocycles. The number of rotatable bonds is 6. The van der Waals surface area contributed by atoms with E-state index >= 15 is 0 Å². The fourth-order valence-corrected chi connectivity index (χ4v) is 3.27. The number of nitrogens with one attached hydrogen (secondary N) is 1. The van der Waals surface area contributed by atoms with Crippen LogP contribution in [0.1, 0.15) is 11.4 Å². The zero-order valence-electron chi connectivity index (χ0n) is 16.3. The van der Waals surface area contributed by atoms with Crippen LogP contribution in [0.5, 0.6) is 0 Å². The zero-order valence-corrected chi connectivity index (χ0v) is 18.6. The fraction of sp³-hybridized carbons (Fsp3) is 0.130. The largest absolute Gasteiger partial charge is 0.354 e. The van der Waals surface area contributed by atoms with Crippen LogP contribution >= 0.6 is 34.8 Å². The van der Waals surface area contributed by atoms with Gasteiger partial charge in [-0.05, 0) is 35.2 Å². The molecule has 156 valence electrons. The number of hydrogen-bond donors (Lipinski definition) is 1. The third kappa shape index (κ3) is 5.70. The molecule has 0 spiro atoms. The lowest BCUT2D eigenvalue weighted by molar-refractivity contribution is 0.903. The van der Waals surface area contributed by atoms with Crippen LogP contribution in [0.15, 0.2) is 79.1 Å². The van der Waals surface area contributed by atoms with E-state index in [-0.39, 0.29) is 5.82 Å². The summed E-state index contributed by atoms with van der Waals surface area (Å²) < 4.78 is -1.76. The number of nitrogens with zero attached hydrogens (tertiary/aromatic N) is 4. The quantitative estimate of drug-likeness (QED) is 0.346. The minimum absolute atomic E-state index is 0.0704. The topological polar surface area (TPSA) is 63.6 Å². The van der Waals surface area contributed by atoms with Gasteiger partial charge in [-0.15, -0.1) is 0 Å². The third-order valence-electron chi connectivity index (χ3n) is 4.59. The Kier molecular flexibility index (Phi) is 6.66. The normalized spacial score (nSPS) is 11.3. The molecule has 5 nitrogen and oxygen atoms in total. The van der Waals surface area contributed by atoms with Gasteiger partial charge in [0.1, 0.15) is 0 Å². The molecule has 0 aliphatic heterocycles. The van der Waals surface area contributed by atoms with Crippen LogP contribution in [0, 0.1) is 0 Å². The lowest BCUT2D eigenvalue weighted by Gasteiger charge is -2.13. The molecular weight excluding hydrogens is 453 g/mol. The van der Waals surface area contributed by atoms with Gasteiger partial charge in [0.05, 0.1) is 0 Å². The number of hydrogen-bond acceptors (Lipinski definition) is 5. The molecule has 31 heavy (non-hydrogen) atoms. The molecule has 0 atom stereocenters. The second kappa shape index (κ2) is 9.60. The van der Waals surface area contributed by atoms with Gasteiger partial charge in [-0.1, -0.05) is 89.4 Å². The number of anilines is 1. The Hall–Kier alpha value is -2.73. The number of pyridine rings is 1. The van der Waals surface area contributed by atoms with Crippen LogP contribution in [0.25, 0.3) is 22.5 Å². The van der Waals surface area contributed by atoms with Crippen molar-refractivity contribution in [3.63, 3.8) is 0 Å². The third-order valence-corrected chi connectivity index (χ3v) is 5.09. The maximum Gasteiger partial charge on any atom is 0.250 e. The van der Waals surface area contributed by atoms with Crippen molar-refractivity contribution in [2.24, 2.45) is 0 Å². The first-order valence-corrected chi connectivity index (χ1v) is 10.7. The van der Waals surface area contributed by atoms with Gasteiger partial charge in [0.25, 0.3) is 0 Å². The highest BCUT2D eigenvalue weighted by atomic mass is 35.6. The molecule has 0 saturated heterocycles. The van der Waals surface area contributed by atoms with Crippen molar-refractivity contribution >= 4 is 40.8 Å². The van der Waals surface area contributed by atoms with E-state index in [1.165, 1.54) is 0 Å². The zero-order chi connectivity index (χ0) is 21.7. The summed E-state index contributed by atoms with van der Waals surface area (Å²) in [7, 11) is 0. The predicted molar refractivity (Wildman–Crippen MR) is 126 cm³/mol. The highest BCUT2D eigenvalue weighted by molar-refractivity contribution is 6.66. The van der Waals surface area contributed by atoms with Gasteiger partial charge in [-0.25, -0.2) is 4.98 Å². The van der Waals surface area contributed by atoms with Gasteiger partial charge in [0.15, 0.2) is 11.6 Å². The maximum absolute atomic E-state index is 6.07. The van der Waals surface area contributed by atoms with Crippen molar-refractivity contribution in [3.05, 3.63) is 90.5 Å². The van der Waals surface area contributed by atoms with Crippen molar-refractivity contribution in [1.29, 1.82) is 0 Å². The molecule has 4 aromatic rings. The van der Waals surface area contributed by atoms with E-state index in [1.54, 1.807) is 12.4 Å². The molecule has 0 unspecified atom stereocenters. The highest BCUT2D eigenvalue weighted by Crippen LogP contribution is 2.37. The Labute approximate surface area is 195 Å². The molecule has 8 heteroatoms. The van der Waals surface area contributed by atoms with Crippen LogP contribution in [-0.4, -0.2) is 26.5 Å². The number of benzene rings is 2. The molecule has 2 heterocycles. The van der Waals surface area contributed by atoms with Crippen molar-refractivity contribution in [2.45, 2.75) is 10.2 Å². The molecule has 0 bridgehead atoms. The van der Waals surface area contributed by atoms with Crippen LogP contribution in [0.2, 0.25) is 0 Å². The Balaban J connectivity index is 1.58. The van der Waals surface area contributed by atoms with E-state index in [1.807, 2.05) is 54.6 Å². The highest BCUT2D eigenvalue weighted by Gasteiger charge is 2.28. The molecule has 0 aliphatic rings. The molecule has 0 saturated carbocycles. The lowest BCUT2D eigenvalue weighted by atomic mass is 10.0. The number of halogens is 3. The summed E-state index contributed by atoms with van der Waals surface area (Å²) in [5.41, 5.74) is 4.17. The summed E-state index contributed by atoms with van der Waals surface area (Å²) in [6.07, 6.45) is 4.30. The Morgan fingerprint density at radius 2 is 1.35 bits per heavy atom. The Bertz CT molecular complexity index is 1130. The maximum atomic E-state index is 6.07. The Morgan fingerprint density at radius 3 is 2.03 bits per heavy atom. The average Bonchev–Trinajstić information content (AvgIpc) is 2.80. The van der Waals surface area contributed by atoms with Crippen LogP contribution in [0.3, 0.4) is 0 Å². The average molecular weight is 471 g/mol. The van der Waals surface area contributed by atoms with Crippen LogP contribution in [-0.2, 0) is 10.2 Å². The summed E-state index contributed by atoms with van der Waals surface area (Å²) in [6, 6.07) is 22.0. The summed E-state index contributed by atoms with van der Waals surface area (Å²) >= 11 is 18.2. The van der Waals surface area contributed by atoms with Gasteiger partial charge < -0.3 is 5.32 Å². The van der Waals surface area contributed by atoms with E-state index in [2.05, 4.69) is 37.4 Å². The minimum atomic E-state index is -1.76. The minimum Gasteiger partial charge on any atom is -0.354 e. The number of aromatic nitrogens is 4. The molecule has 0 radical (unpaired) electrons. The second-order valence-electron chi connectivity index (χ2n) is 6.78. The summed E-state index contributed by atoms with van der Waals surface area (Å²) in [4.78, 5) is 17.2. The molecule has 4 rings (SSSR count). The van der Waals surface area contributed by atoms with Crippen molar-refractivity contribution in [2.75, 3.05) is 11.9 Å². The SMILES string of the molecule is ClC(Cl)(Cl)c1nc(NCCc2ccncc2)nc(-c2ccc(-c3ccccc3)cc2)n1. The first-order valence-electron chi connectivity index (χ1n) is 9.61. The van der Waals surface area contributed by atoms with Gasteiger partial charge in [0.2, 0.25) is 9.74 Å². The van der Waals surface area contributed by atoms with Gasteiger partial charge in [-0.3, -0.25) is 4.98 Å². The van der Waals surface area contributed by atoms with Crippen molar-refractivity contribution in [1.82, 2.24) is 19.9 Å². The van der Waals surface area contributed by atoms with E-state index in [9.17, 15) is 0 Å². The van der Waals surface area contributed by atoms with E-state index in [4.69, 9.17) is 34.8 Å². The smallest absolute Gasteiger partial charge is 0.250 e. The molecular formula is C23H18Cl3N5. The van der Waals surface area contributed by atoms with E-state index < -0.39 is 3.79 Å². The van der Waals surface area contributed by atoms with Crippen molar-refractivity contribution < 1.29 is 0 Å². The van der Waals surface area contributed by atoms with E-state index in [0.717, 1.165) is 28.7 Å². The molecule has 2 aromatic heterocycles. The lowest BCUT2D eigenvalue weighted by Crippen LogP contribution is -2.15. The molecule has 1 N–H and O–H groups in total.